The molecule has 0 spiro atoms. The summed E-state index contributed by atoms with van der Waals surface area (Å²) in [6.07, 6.45) is 1.52. The molecule has 1 atom stereocenters. The minimum absolute atomic E-state index is 0.286. The maximum absolute atomic E-state index is 11.5. The number of likely N-dealkylation sites (N-methyl/N-ethyl adjacent to an activating group) is 2. The van der Waals surface area contributed by atoms with E-state index in [4.69, 9.17) is 4.42 Å². The zero-order chi connectivity index (χ0) is 14.5. The summed E-state index contributed by atoms with van der Waals surface area (Å²) in [5.41, 5.74) is 0.837. The quantitative estimate of drug-likeness (QED) is 0.789. The monoisotopic (exact) mass is 281 g/mol. The molecule has 2 heterocycles. The van der Waals surface area contributed by atoms with Crippen molar-refractivity contribution < 1.29 is 13.9 Å². The van der Waals surface area contributed by atoms with E-state index in [0.717, 1.165) is 31.7 Å². The molecule has 1 aromatic heterocycles. The lowest BCUT2D eigenvalue weighted by Gasteiger charge is -2.37. The molecular formula is C14H23N3O3. The number of hydrogen-bond donors (Lipinski definition) is 1. The van der Waals surface area contributed by atoms with E-state index < -0.39 is 5.97 Å². The van der Waals surface area contributed by atoms with E-state index in [9.17, 15) is 4.79 Å². The van der Waals surface area contributed by atoms with Gasteiger partial charge in [0.1, 0.15) is 0 Å². The molecule has 1 fully saturated rings. The highest BCUT2D eigenvalue weighted by atomic mass is 16.5. The van der Waals surface area contributed by atoms with Crippen LogP contribution in [0.25, 0.3) is 0 Å². The van der Waals surface area contributed by atoms with Crippen LogP contribution in [0.4, 0.5) is 0 Å². The van der Waals surface area contributed by atoms with Gasteiger partial charge in [-0.3, -0.25) is 4.90 Å². The molecule has 0 amide bonds. The minimum Gasteiger partial charge on any atom is -0.463 e. The largest absolute Gasteiger partial charge is 0.463 e. The highest BCUT2D eigenvalue weighted by Crippen LogP contribution is 2.12. The van der Waals surface area contributed by atoms with Crippen LogP contribution in [0, 0.1) is 0 Å². The number of piperazine rings is 1. The van der Waals surface area contributed by atoms with Gasteiger partial charge in [-0.05, 0) is 20.2 Å². The molecule has 1 saturated heterocycles. The van der Waals surface area contributed by atoms with Gasteiger partial charge in [-0.25, -0.2) is 4.79 Å². The van der Waals surface area contributed by atoms with E-state index in [1.54, 1.807) is 6.07 Å². The van der Waals surface area contributed by atoms with Crippen LogP contribution in [0.1, 0.15) is 16.1 Å². The maximum atomic E-state index is 11.5. The van der Waals surface area contributed by atoms with Gasteiger partial charge in [0.25, 0.3) is 0 Å². The summed E-state index contributed by atoms with van der Waals surface area (Å²) < 4.78 is 9.85. The molecule has 0 bridgehead atoms. The Hall–Kier alpha value is -1.37. The first-order valence-corrected chi connectivity index (χ1v) is 6.86. The van der Waals surface area contributed by atoms with Crippen molar-refractivity contribution in [1.29, 1.82) is 0 Å². The Bertz CT molecular complexity index is 447. The summed E-state index contributed by atoms with van der Waals surface area (Å²) in [4.78, 5) is 16.2. The second-order valence-electron chi connectivity index (χ2n) is 5.29. The SMILES string of the molecule is COC(=O)c1occc1CNCC1CN(C)CCN1C. The number of furan rings is 1. The van der Waals surface area contributed by atoms with Crippen LogP contribution in [0.5, 0.6) is 0 Å². The first-order chi connectivity index (χ1) is 9.61. The zero-order valence-electron chi connectivity index (χ0n) is 12.4. The lowest BCUT2D eigenvalue weighted by Crippen LogP contribution is -2.53. The molecule has 112 valence electrons. The average molecular weight is 281 g/mol. The molecule has 20 heavy (non-hydrogen) atoms. The predicted octanol–water partition coefficient (Wildman–Crippen LogP) is 0.402. The fourth-order valence-electron chi connectivity index (χ4n) is 2.44. The summed E-state index contributed by atoms with van der Waals surface area (Å²) in [7, 11) is 5.65. The second-order valence-corrected chi connectivity index (χ2v) is 5.29. The van der Waals surface area contributed by atoms with E-state index in [1.807, 2.05) is 0 Å². The highest BCUT2D eigenvalue weighted by molar-refractivity contribution is 5.87. The molecule has 1 aliphatic rings. The third-order valence-corrected chi connectivity index (χ3v) is 3.79. The number of hydrogen-bond acceptors (Lipinski definition) is 6. The van der Waals surface area contributed by atoms with Gasteiger partial charge in [0.15, 0.2) is 0 Å². The van der Waals surface area contributed by atoms with Crippen LogP contribution in [-0.4, -0.2) is 69.2 Å². The summed E-state index contributed by atoms with van der Waals surface area (Å²) in [5, 5.41) is 3.39. The maximum Gasteiger partial charge on any atom is 0.374 e. The fourth-order valence-corrected chi connectivity index (χ4v) is 2.44. The Kier molecular flexibility index (Phi) is 5.17. The first-order valence-electron chi connectivity index (χ1n) is 6.86. The van der Waals surface area contributed by atoms with Crippen molar-refractivity contribution in [2.75, 3.05) is 47.4 Å². The lowest BCUT2D eigenvalue weighted by atomic mass is 10.1. The molecule has 0 radical (unpaired) electrons. The zero-order valence-corrected chi connectivity index (χ0v) is 12.4. The predicted molar refractivity (Wildman–Crippen MR) is 75.7 cm³/mol. The molecule has 1 aliphatic heterocycles. The fraction of sp³-hybridized carbons (Fsp3) is 0.643. The minimum atomic E-state index is -0.429. The van der Waals surface area contributed by atoms with Gasteiger partial charge in [-0.15, -0.1) is 0 Å². The van der Waals surface area contributed by atoms with Gasteiger partial charge in [0.2, 0.25) is 5.76 Å². The molecular weight excluding hydrogens is 258 g/mol. The standard InChI is InChI=1S/C14H23N3O3/c1-16-5-6-17(2)12(10-16)9-15-8-11-4-7-20-13(11)14(18)19-3/h4,7,12,15H,5-6,8-10H2,1-3H3. The highest BCUT2D eigenvalue weighted by Gasteiger charge is 2.22. The van der Waals surface area contributed by atoms with E-state index in [2.05, 4.69) is 33.9 Å². The summed E-state index contributed by atoms with van der Waals surface area (Å²) >= 11 is 0. The normalized spacial score (nSPS) is 21.1. The molecule has 1 N–H and O–H groups in total. The van der Waals surface area contributed by atoms with Crippen LogP contribution in [0.3, 0.4) is 0 Å². The van der Waals surface area contributed by atoms with Gasteiger partial charge in [0.05, 0.1) is 13.4 Å². The van der Waals surface area contributed by atoms with Crippen LogP contribution in [0.2, 0.25) is 0 Å². The smallest absolute Gasteiger partial charge is 0.374 e. The number of carbonyl (C=O) groups excluding carboxylic acids is 1. The van der Waals surface area contributed by atoms with E-state index in [0.29, 0.717) is 12.6 Å². The van der Waals surface area contributed by atoms with Crippen molar-refractivity contribution in [3.05, 3.63) is 23.7 Å². The molecule has 2 rings (SSSR count). The summed E-state index contributed by atoms with van der Waals surface area (Å²) in [6.45, 7) is 4.74. The number of carbonyl (C=O) groups is 1. The van der Waals surface area contributed by atoms with Crippen molar-refractivity contribution in [1.82, 2.24) is 15.1 Å². The third-order valence-electron chi connectivity index (χ3n) is 3.79. The van der Waals surface area contributed by atoms with Gasteiger partial charge < -0.3 is 19.4 Å². The average Bonchev–Trinajstić information content (AvgIpc) is 2.90. The summed E-state index contributed by atoms with van der Waals surface area (Å²) in [5.74, 6) is -0.143. The number of esters is 1. The van der Waals surface area contributed by atoms with Crippen LogP contribution >= 0.6 is 0 Å². The first kappa shape index (κ1) is 15.0. The number of ether oxygens (including phenoxy) is 1. The van der Waals surface area contributed by atoms with Gasteiger partial charge in [-0.2, -0.15) is 0 Å². The molecule has 0 saturated carbocycles. The molecule has 1 aromatic rings. The Morgan fingerprint density at radius 3 is 3.05 bits per heavy atom. The van der Waals surface area contributed by atoms with Gasteiger partial charge >= 0.3 is 5.97 Å². The number of nitrogens with one attached hydrogen (secondary N) is 1. The number of nitrogens with zero attached hydrogens (tertiary/aromatic N) is 2. The van der Waals surface area contributed by atoms with E-state index >= 15 is 0 Å². The summed E-state index contributed by atoms with van der Waals surface area (Å²) in [6, 6.07) is 2.29. The molecule has 6 heteroatoms. The Balaban J connectivity index is 1.84. The lowest BCUT2D eigenvalue weighted by molar-refractivity contribution is 0.0563. The Morgan fingerprint density at radius 1 is 1.50 bits per heavy atom. The van der Waals surface area contributed by atoms with Gasteiger partial charge in [-0.1, -0.05) is 0 Å². The van der Waals surface area contributed by atoms with Crippen molar-refractivity contribution in [2.45, 2.75) is 12.6 Å². The number of methoxy groups -OCH3 is 1. The van der Waals surface area contributed by atoms with Crippen molar-refractivity contribution in [2.24, 2.45) is 0 Å². The Labute approximate surface area is 119 Å². The van der Waals surface area contributed by atoms with Gasteiger partial charge in [0, 0.05) is 44.3 Å². The van der Waals surface area contributed by atoms with Crippen LogP contribution in [0.15, 0.2) is 16.7 Å². The molecule has 0 aliphatic carbocycles. The van der Waals surface area contributed by atoms with Crippen molar-refractivity contribution >= 4 is 5.97 Å². The topological polar surface area (TPSA) is 58.0 Å². The van der Waals surface area contributed by atoms with Crippen molar-refractivity contribution in [3.8, 4) is 0 Å². The van der Waals surface area contributed by atoms with E-state index in [1.165, 1.54) is 13.4 Å². The van der Waals surface area contributed by atoms with Crippen molar-refractivity contribution in [3.63, 3.8) is 0 Å². The second kappa shape index (κ2) is 6.88. The van der Waals surface area contributed by atoms with Crippen LogP contribution < -0.4 is 5.32 Å². The molecule has 6 nitrogen and oxygen atoms in total. The number of rotatable bonds is 5. The van der Waals surface area contributed by atoms with E-state index in [-0.39, 0.29) is 5.76 Å². The molecule has 1 unspecified atom stereocenters. The van der Waals surface area contributed by atoms with Crippen LogP contribution in [-0.2, 0) is 11.3 Å². The molecule has 0 aromatic carbocycles. The Morgan fingerprint density at radius 2 is 2.30 bits per heavy atom. The third kappa shape index (κ3) is 3.59.